The molecule has 2 aromatic carbocycles. The summed E-state index contributed by atoms with van der Waals surface area (Å²) < 4.78 is 12.6. The molecule has 0 unspecified atom stereocenters. The molecule has 0 spiro atoms. The van der Waals surface area contributed by atoms with Gasteiger partial charge >= 0.3 is 8.56 Å². The molecular formula is C18H26O2Si2. The normalized spacial score (nSPS) is 12.4. The van der Waals surface area contributed by atoms with Gasteiger partial charge in [0, 0.05) is 0 Å². The molecular weight excluding hydrogens is 304 g/mol. The zero-order valence-corrected chi connectivity index (χ0v) is 16.0. The average molecular weight is 331 g/mol. The number of hydrogen-bond acceptors (Lipinski definition) is 2. The maximum atomic E-state index is 6.51. The Balaban J connectivity index is 1.91. The lowest BCUT2D eigenvalue weighted by molar-refractivity contribution is 0.234. The molecule has 0 aliphatic rings. The van der Waals surface area contributed by atoms with Crippen LogP contribution in [0.2, 0.25) is 26.2 Å². The first-order valence-corrected chi connectivity index (χ1v) is 13.7. The fourth-order valence-electron chi connectivity index (χ4n) is 2.65. The molecule has 118 valence electrons. The highest BCUT2D eigenvalue weighted by atomic mass is 28.4. The molecule has 0 saturated carbocycles. The minimum Gasteiger partial charge on any atom is -0.436 e. The predicted molar refractivity (Wildman–Crippen MR) is 97.4 cm³/mol. The van der Waals surface area contributed by atoms with Gasteiger partial charge in [0.15, 0.2) is 8.32 Å². The molecule has 0 aliphatic heterocycles. The van der Waals surface area contributed by atoms with Crippen molar-refractivity contribution in [2.24, 2.45) is 0 Å². The summed E-state index contributed by atoms with van der Waals surface area (Å²) in [4.78, 5) is 0. The first kappa shape index (κ1) is 17.2. The largest absolute Gasteiger partial charge is 0.436 e. The Hall–Kier alpha value is -1.21. The molecule has 0 fully saturated rings. The molecule has 2 nitrogen and oxygen atoms in total. The molecule has 0 amide bonds. The van der Waals surface area contributed by atoms with Crippen LogP contribution in [0.25, 0.3) is 0 Å². The van der Waals surface area contributed by atoms with Crippen molar-refractivity contribution >= 4 is 16.9 Å². The topological polar surface area (TPSA) is 18.5 Å². The minimum atomic E-state index is -2.11. The molecule has 4 heteroatoms. The third kappa shape index (κ3) is 5.89. The van der Waals surface area contributed by atoms with Gasteiger partial charge < -0.3 is 8.54 Å². The number of benzene rings is 2. The second-order valence-electron chi connectivity index (χ2n) is 6.70. The van der Waals surface area contributed by atoms with Crippen LogP contribution in [0.15, 0.2) is 60.7 Å². The van der Waals surface area contributed by atoms with E-state index in [1.54, 1.807) is 0 Å². The molecule has 22 heavy (non-hydrogen) atoms. The van der Waals surface area contributed by atoms with Crippen molar-refractivity contribution in [1.29, 1.82) is 0 Å². The summed E-state index contributed by atoms with van der Waals surface area (Å²) in [6.45, 7) is 9.49. The van der Waals surface area contributed by atoms with Gasteiger partial charge in [-0.1, -0.05) is 60.7 Å². The summed E-state index contributed by atoms with van der Waals surface area (Å²) in [5.74, 6) is 0. The predicted octanol–water partition coefficient (Wildman–Crippen LogP) is 4.91. The van der Waals surface area contributed by atoms with Crippen molar-refractivity contribution < 1.29 is 8.54 Å². The first-order valence-electron chi connectivity index (χ1n) is 7.78. The van der Waals surface area contributed by atoms with E-state index in [9.17, 15) is 0 Å². The Bertz CT molecular complexity index is 568. The van der Waals surface area contributed by atoms with Crippen molar-refractivity contribution in [3.8, 4) is 0 Å². The molecule has 2 rings (SSSR count). The quantitative estimate of drug-likeness (QED) is 0.672. The lowest BCUT2D eigenvalue weighted by Gasteiger charge is -2.33. The Morgan fingerprint density at radius 3 is 1.77 bits per heavy atom. The van der Waals surface area contributed by atoms with Gasteiger partial charge in [0.25, 0.3) is 0 Å². The van der Waals surface area contributed by atoms with Crippen molar-refractivity contribution in [3.05, 3.63) is 71.8 Å². The van der Waals surface area contributed by atoms with E-state index >= 15 is 0 Å². The zero-order chi connectivity index (χ0) is 16.1. The van der Waals surface area contributed by atoms with Crippen LogP contribution in [-0.4, -0.2) is 16.9 Å². The first-order chi connectivity index (χ1) is 10.4. The van der Waals surface area contributed by atoms with Gasteiger partial charge in [-0.05, 0) is 43.4 Å². The summed E-state index contributed by atoms with van der Waals surface area (Å²) in [6, 6.07) is 21.9. The molecule has 0 atom stereocenters. The van der Waals surface area contributed by atoms with Crippen molar-refractivity contribution in [1.82, 2.24) is 0 Å². The van der Waals surface area contributed by atoms with E-state index in [-0.39, 0.29) is 0 Å². The lowest BCUT2D eigenvalue weighted by atomic mass is 10.2. The second kappa shape index (κ2) is 7.37. The Morgan fingerprint density at radius 1 is 0.727 bits per heavy atom. The molecule has 0 aromatic heterocycles. The highest BCUT2D eigenvalue weighted by molar-refractivity contribution is 6.81. The average Bonchev–Trinajstić information content (AvgIpc) is 2.46. The molecule has 0 saturated heterocycles. The van der Waals surface area contributed by atoms with Gasteiger partial charge in [-0.2, -0.15) is 0 Å². The molecule has 0 N–H and O–H groups in total. The molecule has 2 aromatic rings. The second-order valence-corrected chi connectivity index (χ2v) is 14.5. The highest BCUT2D eigenvalue weighted by Gasteiger charge is 2.34. The fraction of sp³-hybridized carbons (Fsp3) is 0.333. The van der Waals surface area contributed by atoms with Gasteiger partial charge in [-0.25, -0.2) is 0 Å². The van der Waals surface area contributed by atoms with E-state index in [4.69, 9.17) is 8.54 Å². The molecule has 0 heterocycles. The van der Waals surface area contributed by atoms with Gasteiger partial charge in [0.2, 0.25) is 0 Å². The molecule has 0 bridgehead atoms. The third-order valence-electron chi connectivity index (χ3n) is 3.42. The Kier molecular flexibility index (Phi) is 5.75. The van der Waals surface area contributed by atoms with Gasteiger partial charge in [0.1, 0.15) is 0 Å². The summed E-state index contributed by atoms with van der Waals surface area (Å²) in [6.07, 6.45) is 0. The van der Waals surface area contributed by atoms with Crippen LogP contribution in [0, 0.1) is 0 Å². The zero-order valence-electron chi connectivity index (χ0n) is 14.0. The number of hydrogen-bond donors (Lipinski definition) is 0. The standard InChI is InChI=1S/C18H26O2Si2/c1-21(2,16-18-13-9-6-10-14-18)20-22(3,4)19-15-17-11-7-5-8-12-17/h5-14H,15-16H2,1-4H3. The summed E-state index contributed by atoms with van der Waals surface area (Å²) >= 11 is 0. The Labute approximate surface area is 136 Å². The monoisotopic (exact) mass is 330 g/mol. The van der Waals surface area contributed by atoms with E-state index in [0.717, 1.165) is 6.04 Å². The van der Waals surface area contributed by atoms with Crippen LogP contribution in [0.4, 0.5) is 0 Å². The highest BCUT2D eigenvalue weighted by Crippen LogP contribution is 2.21. The van der Waals surface area contributed by atoms with E-state index in [0.29, 0.717) is 6.61 Å². The van der Waals surface area contributed by atoms with Crippen LogP contribution >= 0.6 is 0 Å². The van der Waals surface area contributed by atoms with Crippen molar-refractivity contribution in [2.75, 3.05) is 0 Å². The smallest absolute Gasteiger partial charge is 0.321 e. The maximum absolute atomic E-state index is 6.51. The van der Waals surface area contributed by atoms with Crippen LogP contribution in [0.3, 0.4) is 0 Å². The van der Waals surface area contributed by atoms with Crippen molar-refractivity contribution in [3.63, 3.8) is 0 Å². The van der Waals surface area contributed by atoms with Crippen LogP contribution in [0.1, 0.15) is 11.1 Å². The summed E-state index contributed by atoms with van der Waals surface area (Å²) in [5, 5.41) is 0. The minimum absolute atomic E-state index is 0.635. The summed E-state index contributed by atoms with van der Waals surface area (Å²) in [5.41, 5.74) is 2.56. The van der Waals surface area contributed by atoms with E-state index in [1.165, 1.54) is 11.1 Å². The molecule has 0 radical (unpaired) electrons. The van der Waals surface area contributed by atoms with E-state index < -0.39 is 16.9 Å². The fourth-order valence-corrected chi connectivity index (χ4v) is 10.2. The van der Waals surface area contributed by atoms with E-state index in [1.807, 2.05) is 18.2 Å². The Morgan fingerprint density at radius 2 is 1.23 bits per heavy atom. The third-order valence-corrected chi connectivity index (χ3v) is 9.70. The molecule has 0 aliphatic carbocycles. The van der Waals surface area contributed by atoms with Crippen molar-refractivity contribution in [2.45, 2.75) is 38.8 Å². The number of rotatable bonds is 7. The van der Waals surface area contributed by atoms with E-state index in [2.05, 4.69) is 68.7 Å². The maximum Gasteiger partial charge on any atom is 0.321 e. The van der Waals surface area contributed by atoms with Gasteiger partial charge in [-0.3, -0.25) is 0 Å². The van der Waals surface area contributed by atoms with Crippen LogP contribution in [0.5, 0.6) is 0 Å². The van der Waals surface area contributed by atoms with Crippen LogP contribution in [-0.2, 0) is 21.2 Å². The summed E-state index contributed by atoms with van der Waals surface area (Å²) in [7, 11) is -3.89. The van der Waals surface area contributed by atoms with Crippen LogP contribution < -0.4 is 0 Å². The van der Waals surface area contributed by atoms with Gasteiger partial charge in [0.05, 0.1) is 6.61 Å². The lowest BCUT2D eigenvalue weighted by Crippen LogP contribution is -2.48. The SMILES string of the molecule is C[Si](C)(Cc1ccccc1)O[Si](C)(C)OCc1ccccc1. The van der Waals surface area contributed by atoms with Gasteiger partial charge in [-0.15, -0.1) is 0 Å².